The fourth-order valence-electron chi connectivity index (χ4n) is 1.85. The monoisotopic (exact) mass is 290 g/mol. The van der Waals surface area contributed by atoms with Gasteiger partial charge in [-0.15, -0.1) is 11.8 Å². The van der Waals surface area contributed by atoms with Crippen molar-refractivity contribution in [2.24, 2.45) is 0 Å². The van der Waals surface area contributed by atoms with Gasteiger partial charge in [-0.2, -0.15) is 0 Å². The van der Waals surface area contributed by atoms with Gasteiger partial charge in [-0.3, -0.25) is 0 Å². The Morgan fingerprint density at radius 3 is 2.60 bits per heavy atom. The third-order valence-electron chi connectivity index (χ3n) is 2.89. The second-order valence-corrected chi connectivity index (χ2v) is 5.52. The Bertz CT molecular complexity index is 584. The Labute approximate surface area is 121 Å². The molecule has 0 aliphatic rings. The van der Waals surface area contributed by atoms with Crippen LogP contribution >= 0.6 is 11.8 Å². The first-order chi connectivity index (χ1) is 9.66. The van der Waals surface area contributed by atoms with Crippen LogP contribution in [-0.4, -0.2) is 16.8 Å². The van der Waals surface area contributed by atoms with Gasteiger partial charge in [-0.1, -0.05) is 30.3 Å². The molecule has 20 heavy (non-hydrogen) atoms. The summed E-state index contributed by atoms with van der Waals surface area (Å²) in [6.07, 6.45) is 1.86. The summed E-state index contributed by atoms with van der Waals surface area (Å²) in [4.78, 5) is 11.2. The first-order valence-electron chi connectivity index (χ1n) is 6.36. The first kappa shape index (κ1) is 14.6. The highest BCUT2D eigenvalue weighted by atomic mass is 32.2. The van der Waals surface area contributed by atoms with Crippen molar-refractivity contribution in [2.75, 3.05) is 5.75 Å². The predicted octanol–water partition coefficient (Wildman–Crippen LogP) is 4.25. The summed E-state index contributed by atoms with van der Waals surface area (Å²) in [7, 11) is 0. The van der Waals surface area contributed by atoms with E-state index >= 15 is 0 Å². The van der Waals surface area contributed by atoms with Crippen LogP contribution in [0.1, 0.15) is 22.3 Å². The van der Waals surface area contributed by atoms with E-state index in [-0.39, 0.29) is 11.4 Å². The molecule has 0 aliphatic carbocycles. The van der Waals surface area contributed by atoms with Crippen LogP contribution in [0.4, 0.5) is 4.39 Å². The lowest BCUT2D eigenvalue weighted by Crippen LogP contribution is -1.97. The van der Waals surface area contributed by atoms with Crippen molar-refractivity contribution in [1.82, 2.24) is 0 Å². The van der Waals surface area contributed by atoms with Crippen molar-refractivity contribution in [3.05, 3.63) is 65.5 Å². The lowest BCUT2D eigenvalue weighted by atomic mass is 10.1. The smallest absolute Gasteiger partial charge is 0.335 e. The maximum absolute atomic E-state index is 13.6. The number of rotatable bonds is 6. The molecule has 104 valence electrons. The Kier molecular flexibility index (Phi) is 5.18. The van der Waals surface area contributed by atoms with Crippen LogP contribution in [0.2, 0.25) is 0 Å². The second kappa shape index (κ2) is 7.10. The quantitative estimate of drug-likeness (QED) is 0.638. The number of halogens is 1. The number of aryl methyl sites for hydroxylation is 1. The van der Waals surface area contributed by atoms with E-state index in [0.29, 0.717) is 4.90 Å². The minimum absolute atomic E-state index is 0.122. The van der Waals surface area contributed by atoms with Crippen LogP contribution < -0.4 is 0 Å². The van der Waals surface area contributed by atoms with Gasteiger partial charge in [0.15, 0.2) is 0 Å². The van der Waals surface area contributed by atoms with Crippen LogP contribution in [0.15, 0.2) is 53.4 Å². The van der Waals surface area contributed by atoms with Crippen molar-refractivity contribution >= 4 is 17.7 Å². The Hall–Kier alpha value is -1.81. The molecule has 0 aliphatic heterocycles. The molecule has 0 amide bonds. The van der Waals surface area contributed by atoms with Crippen LogP contribution in [0, 0.1) is 5.82 Å². The summed E-state index contributed by atoms with van der Waals surface area (Å²) < 4.78 is 13.6. The van der Waals surface area contributed by atoms with Crippen molar-refractivity contribution in [2.45, 2.75) is 17.7 Å². The van der Waals surface area contributed by atoms with Crippen LogP contribution in [0.3, 0.4) is 0 Å². The summed E-state index contributed by atoms with van der Waals surface area (Å²) in [5.74, 6) is -0.634. The largest absolute Gasteiger partial charge is 0.478 e. The molecule has 1 N–H and O–H groups in total. The van der Waals surface area contributed by atoms with E-state index in [1.165, 1.54) is 35.5 Å². The minimum atomic E-state index is -1.03. The Balaban J connectivity index is 1.88. The summed E-state index contributed by atoms with van der Waals surface area (Å²) in [6, 6.07) is 14.0. The molecule has 0 fully saturated rings. The van der Waals surface area contributed by atoms with Crippen molar-refractivity contribution < 1.29 is 14.3 Å². The molecule has 2 rings (SSSR count). The second-order valence-electron chi connectivity index (χ2n) is 4.39. The molecule has 0 aromatic heterocycles. The average molecular weight is 290 g/mol. The number of aromatic carboxylic acids is 1. The Morgan fingerprint density at radius 2 is 1.90 bits per heavy atom. The van der Waals surface area contributed by atoms with Gasteiger partial charge < -0.3 is 5.11 Å². The molecule has 2 aromatic carbocycles. The molecule has 0 saturated heterocycles. The number of benzene rings is 2. The lowest BCUT2D eigenvalue weighted by molar-refractivity contribution is 0.0696. The summed E-state index contributed by atoms with van der Waals surface area (Å²) in [5, 5.41) is 8.89. The van der Waals surface area contributed by atoms with Gasteiger partial charge in [-0.25, -0.2) is 9.18 Å². The zero-order valence-electron chi connectivity index (χ0n) is 10.9. The maximum Gasteiger partial charge on any atom is 0.335 e. The van der Waals surface area contributed by atoms with E-state index in [2.05, 4.69) is 12.1 Å². The third-order valence-corrected chi connectivity index (χ3v) is 4.00. The van der Waals surface area contributed by atoms with Crippen LogP contribution in [0.5, 0.6) is 0 Å². The number of carboxylic acids is 1. The van der Waals surface area contributed by atoms with E-state index < -0.39 is 5.97 Å². The van der Waals surface area contributed by atoms with Crippen molar-refractivity contribution in [3.8, 4) is 0 Å². The first-order valence-corrected chi connectivity index (χ1v) is 7.35. The lowest BCUT2D eigenvalue weighted by Gasteiger charge is -2.05. The topological polar surface area (TPSA) is 37.3 Å². The summed E-state index contributed by atoms with van der Waals surface area (Å²) in [5.41, 5.74) is 1.38. The highest BCUT2D eigenvalue weighted by molar-refractivity contribution is 7.99. The molecule has 2 aromatic rings. The highest BCUT2D eigenvalue weighted by Crippen LogP contribution is 2.24. The van der Waals surface area contributed by atoms with Gasteiger partial charge in [0.25, 0.3) is 0 Å². The van der Waals surface area contributed by atoms with E-state index in [1.807, 2.05) is 18.2 Å². The maximum atomic E-state index is 13.6. The molecular weight excluding hydrogens is 275 g/mol. The van der Waals surface area contributed by atoms with Gasteiger partial charge in [0.05, 0.1) is 5.56 Å². The van der Waals surface area contributed by atoms with E-state index in [1.54, 1.807) is 0 Å². The van der Waals surface area contributed by atoms with E-state index in [9.17, 15) is 9.18 Å². The normalized spacial score (nSPS) is 10.4. The number of carbonyl (C=O) groups is 1. The van der Waals surface area contributed by atoms with E-state index in [4.69, 9.17) is 5.11 Å². The van der Waals surface area contributed by atoms with Crippen molar-refractivity contribution in [1.29, 1.82) is 0 Å². The van der Waals surface area contributed by atoms with Gasteiger partial charge in [-0.05, 0) is 42.4 Å². The molecule has 4 heteroatoms. The average Bonchev–Trinajstić information content (AvgIpc) is 2.46. The number of hydrogen-bond acceptors (Lipinski definition) is 2. The molecule has 0 heterocycles. The fourth-order valence-corrected chi connectivity index (χ4v) is 2.77. The standard InChI is InChI=1S/C16H15FO2S/c17-14-9-8-13(16(18)19)11-15(14)20-10-4-7-12-5-2-1-3-6-12/h1-3,5-6,8-9,11H,4,7,10H2,(H,18,19). The molecule has 0 saturated carbocycles. The number of hydrogen-bond donors (Lipinski definition) is 1. The minimum Gasteiger partial charge on any atom is -0.478 e. The number of carboxylic acid groups (broad SMARTS) is 1. The zero-order valence-corrected chi connectivity index (χ0v) is 11.7. The fraction of sp³-hybridized carbons (Fsp3) is 0.188. The van der Waals surface area contributed by atoms with Gasteiger partial charge >= 0.3 is 5.97 Å². The number of thioether (sulfide) groups is 1. The predicted molar refractivity (Wildman–Crippen MR) is 78.8 cm³/mol. The molecule has 2 nitrogen and oxygen atoms in total. The van der Waals surface area contributed by atoms with Gasteiger partial charge in [0.2, 0.25) is 0 Å². The summed E-state index contributed by atoms with van der Waals surface area (Å²) in [6.45, 7) is 0. The molecule has 0 bridgehead atoms. The van der Waals surface area contributed by atoms with E-state index in [0.717, 1.165) is 18.6 Å². The molecule has 0 unspecified atom stereocenters. The molecule has 0 atom stereocenters. The molecule has 0 spiro atoms. The van der Waals surface area contributed by atoms with Crippen LogP contribution in [0.25, 0.3) is 0 Å². The SMILES string of the molecule is O=C(O)c1ccc(F)c(SCCCc2ccccc2)c1. The molecule has 0 radical (unpaired) electrons. The highest BCUT2D eigenvalue weighted by Gasteiger charge is 2.08. The summed E-state index contributed by atoms with van der Waals surface area (Å²) >= 11 is 1.36. The van der Waals surface area contributed by atoms with Crippen molar-refractivity contribution in [3.63, 3.8) is 0 Å². The van der Waals surface area contributed by atoms with Gasteiger partial charge in [0.1, 0.15) is 5.82 Å². The van der Waals surface area contributed by atoms with Gasteiger partial charge in [0, 0.05) is 4.90 Å². The third kappa shape index (κ3) is 4.10. The zero-order chi connectivity index (χ0) is 14.4. The van der Waals surface area contributed by atoms with Crippen LogP contribution in [-0.2, 0) is 6.42 Å². The molecular formula is C16H15FO2S. The Morgan fingerprint density at radius 1 is 1.15 bits per heavy atom.